The van der Waals surface area contributed by atoms with Gasteiger partial charge in [-0.3, -0.25) is 4.79 Å². The number of rotatable bonds is 6. The summed E-state index contributed by atoms with van der Waals surface area (Å²) < 4.78 is 0.740. The van der Waals surface area contributed by atoms with Crippen molar-refractivity contribution in [3.05, 3.63) is 29.3 Å². The lowest BCUT2D eigenvalue weighted by atomic mass is 10.1. The largest absolute Gasteiger partial charge is 0.369 e. The number of hydrogen-bond donors (Lipinski definition) is 2. The number of nitrogens with zero attached hydrogens (tertiary/aromatic N) is 2. The first-order chi connectivity index (χ1) is 10.4. The Kier molecular flexibility index (Phi) is 5.42. The molecule has 1 aromatic carbocycles. The number of thioether (sulfide) groups is 1. The summed E-state index contributed by atoms with van der Waals surface area (Å²) in [7, 11) is 0. The Balaban J connectivity index is 2.07. The predicted octanol–water partition coefficient (Wildman–Crippen LogP) is 3.50. The molecule has 1 amide bonds. The molecule has 0 bridgehead atoms. The van der Waals surface area contributed by atoms with Crippen LogP contribution in [0.3, 0.4) is 0 Å². The molecule has 0 saturated heterocycles. The molecule has 0 spiro atoms. The lowest BCUT2D eigenvalue weighted by molar-refractivity contribution is -0.118. The topological polar surface area (TPSA) is 80.9 Å². The summed E-state index contributed by atoms with van der Waals surface area (Å²) >= 11 is 2.80. The fourth-order valence-corrected chi connectivity index (χ4v) is 3.81. The minimum Gasteiger partial charge on any atom is -0.369 e. The second-order valence-corrected chi connectivity index (χ2v) is 7.85. The molecule has 0 aliphatic heterocycles. The molecule has 0 aliphatic rings. The van der Waals surface area contributed by atoms with E-state index in [4.69, 9.17) is 5.73 Å². The van der Waals surface area contributed by atoms with E-state index in [2.05, 4.69) is 41.5 Å². The summed E-state index contributed by atoms with van der Waals surface area (Å²) in [4.78, 5) is 11.5. The Morgan fingerprint density at radius 1 is 1.27 bits per heavy atom. The summed E-state index contributed by atoms with van der Waals surface area (Å²) in [5, 5.41) is 11.9. The summed E-state index contributed by atoms with van der Waals surface area (Å²) in [5.41, 5.74) is 8.88. The number of carbonyl (C=O) groups is 1. The summed E-state index contributed by atoms with van der Waals surface area (Å²) in [6, 6.07) is 6.15. The summed E-state index contributed by atoms with van der Waals surface area (Å²) in [5.74, 6) is -0.165. The third-order valence-corrected chi connectivity index (χ3v) is 5.76. The van der Waals surface area contributed by atoms with Crippen LogP contribution in [0, 0.1) is 19.8 Å². The normalized spacial score (nSPS) is 12.4. The van der Waals surface area contributed by atoms with E-state index >= 15 is 0 Å². The lowest BCUT2D eigenvalue weighted by Crippen LogP contribution is -2.30. The van der Waals surface area contributed by atoms with Crippen LogP contribution in [0.5, 0.6) is 0 Å². The first kappa shape index (κ1) is 16.8. The Morgan fingerprint density at radius 2 is 2.00 bits per heavy atom. The van der Waals surface area contributed by atoms with Crippen LogP contribution in [0.1, 0.15) is 25.0 Å². The van der Waals surface area contributed by atoms with Gasteiger partial charge in [-0.1, -0.05) is 43.0 Å². The smallest absolute Gasteiger partial charge is 0.231 e. The number of nitrogens with one attached hydrogen (secondary N) is 1. The fraction of sp³-hybridized carbons (Fsp3) is 0.400. The number of benzene rings is 1. The molecule has 2 aromatic rings. The molecule has 1 atom stereocenters. The van der Waals surface area contributed by atoms with Gasteiger partial charge in [-0.15, -0.1) is 10.2 Å². The first-order valence-electron chi connectivity index (χ1n) is 7.00. The van der Waals surface area contributed by atoms with E-state index in [1.165, 1.54) is 34.2 Å². The minimum absolute atomic E-state index is 0.155. The quantitative estimate of drug-likeness (QED) is 0.789. The van der Waals surface area contributed by atoms with Crippen LogP contribution in [0.15, 0.2) is 22.5 Å². The van der Waals surface area contributed by atoms with Crippen molar-refractivity contribution >= 4 is 39.8 Å². The third-order valence-electron chi connectivity index (χ3n) is 3.28. The van der Waals surface area contributed by atoms with E-state index < -0.39 is 0 Å². The van der Waals surface area contributed by atoms with E-state index in [0.29, 0.717) is 5.13 Å². The second-order valence-electron chi connectivity index (χ2n) is 5.48. The highest BCUT2D eigenvalue weighted by Gasteiger charge is 2.22. The molecule has 0 aliphatic carbocycles. The number of aromatic nitrogens is 2. The Morgan fingerprint density at radius 3 is 2.59 bits per heavy atom. The number of amides is 1. The number of hydrogen-bond acceptors (Lipinski definition) is 6. The molecular formula is C15H20N4OS2. The van der Waals surface area contributed by atoms with Crippen molar-refractivity contribution in [1.82, 2.24) is 10.2 Å². The standard InChI is InChI=1S/C15H20N4OS2/c1-8(2)12(13(16)20)21-15-19-18-14(22-15)17-11-6-5-9(3)10(4)7-11/h5-8,12H,1-4H3,(H2,16,20)(H,17,18)/t12-/m1/s1. The van der Waals surface area contributed by atoms with E-state index in [9.17, 15) is 4.79 Å². The van der Waals surface area contributed by atoms with Gasteiger partial charge in [0.1, 0.15) is 0 Å². The maximum atomic E-state index is 11.5. The number of aryl methyl sites for hydroxylation is 2. The summed E-state index contributed by atoms with van der Waals surface area (Å²) in [6.07, 6.45) is 0. The molecule has 0 radical (unpaired) electrons. The van der Waals surface area contributed by atoms with Crippen LogP contribution < -0.4 is 11.1 Å². The zero-order chi connectivity index (χ0) is 16.3. The van der Waals surface area contributed by atoms with Gasteiger partial charge in [-0.25, -0.2) is 0 Å². The van der Waals surface area contributed by atoms with Gasteiger partial charge >= 0.3 is 0 Å². The van der Waals surface area contributed by atoms with Crippen molar-refractivity contribution in [2.45, 2.75) is 37.3 Å². The van der Waals surface area contributed by atoms with Crippen LogP contribution in [-0.2, 0) is 4.79 Å². The molecule has 7 heteroatoms. The van der Waals surface area contributed by atoms with Gasteiger partial charge in [-0.2, -0.15) is 0 Å². The van der Waals surface area contributed by atoms with Crippen LogP contribution >= 0.6 is 23.1 Å². The van der Waals surface area contributed by atoms with Crippen molar-refractivity contribution in [3.8, 4) is 0 Å². The summed E-state index contributed by atoms with van der Waals surface area (Å²) in [6.45, 7) is 8.09. The molecule has 1 heterocycles. The molecule has 1 aromatic heterocycles. The van der Waals surface area contributed by atoms with Gasteiger partial charge in [0.25, 0.3) is 0 Å². The highest BCUT2D eigenvalue weighted by Crippen LogP contribution is 2.33. The van der Waals surface area contributed by atoms with Crippen molar-refractivity contribution in [3.63, 3.8) is 0 Å². The Labute approximate surface area is 138 Å². The van der Waals surface area contributed by atoms with Crippen LogP contribution in [0.25, 0.3) is 0 Å². The zero-order valence-corrected chi connectivity index (χ0v) is 14.7. The number of primary amides is 1. The molecule has 2 rings (SSSR count). The maximum Gasteiger partial charge on any atom is 0.231 e. The molecule has 118 valence electrons. The molecule has 22 heavy (non-hydrogen) atoms. The highest BCUT2D eigenvalue weighted by atomic mass is 32.2. The molecule has 3 N–H and O–H groups in total. The van der Waals surface area contributed by atoms with Crippen molar-refractivity contribution in [1.29, 1.82) is 0 Å². The fourth-order valence-electron chi connectivity index (χ4n) is 1.88. The van der Waals surface area contributed by atoms with Gasteiger partial charge < -0.3 is 11.1 Å². The average molecular weight is 336 g/mol. The zero-order valence-electron chi connectivity index (χ0n) is 13.1. The van der Waals surface area contributed by atoms with Gasteiger partial charge in [-0.05, 0) is 43.0 Å². The van der Waals surface area contributed by atoms with Crippen LogP contribution in [-0.4, -0.2) is 21.4 Å². The highest BCUT2D eigenvalue weighted by molar-refractivity contribution is 8.02. The molecule has 0 unspecified atom stereocenters. The predicted molar refractivity (Wildman–Crippen MR) is 92.8 cm³/mol. The first-order valence-corrected chi connectivity index (χ1v) is 8.70. The molecule has 5 nitrogen and oxygen atoms in total. The van der Waals surface area contributed by atoms with Crippen molar-refractivity contribution in [2.24, 2.45) is 11.7 Å². The molecule has 0 fully saturated rings. The van der Waals surface area contributed by atoms with E-state index in [-0.39, 0.29) is 17.1 Å². The van der Waals surface area contributed by atoms with Gasteiger partial charge in [0.2, 0.25) is 11.0 Å². The van der Waals surface area contributed by atoms with Crippen LogP contribution in [0.2, 0.25) is 0 Å². The van der Waals surface area contributed by atoms with E-state index in [1.54, 1.807) is 0 Å². The van der Waals surface area contributed by atoms with Crippen molar-refractivity contribution < 1.29 is 4.79 Å². The second kappa shape index (κ2) is 7.11. The lowest BCUT2D eigenvalue weighted by Gasteiger charge is -2.14. The maximum absolute atomic E-state index is 11.5. The Hall–Kier alpha value is -1.60. The van der Waals surface area contributed by atoms with Gasteiger partial charge in [0, 0.05) is 5.69 Å². The van der Waals surface area contributed by atoms with E-state index in [0.717, 1.165) is 10.0 Å². The van der Waals surface area contributed by atoms with Gasteiger partial charge in [0.15, 0.2) is 4.34 Å². The molecular weight excluding hydrogens is 316 g/mol. The monoisotopic (exact) mass is 336 g/mol. The Bertz CT molecular complexity index is 669. The third kappa shape index (κ3) is 4.20. The molecule has 0 saturated carbocycles. The SMILES string of the molecule is Cc1ccc(Nc2nnc(S[C@@H](C(N)=O)C(C)C)s2)cc1C. The minimum atomic E-state index is -0.320. The number of nitrogens with two attached hydrogens (primary N) is 1. The van der Waals surface area contributed by atoms with Gasteiger partial charge in [0.05, 0.1) is 5.25 Å². The number of anilines is 2. The number of carbonyl (C=O) groups excluding carboxylic acids is 1. The van der Waals surface area contributed by atoms with Crippen molar-refractivity contribution in [2.75, 3.05) is 5.32 Å². The van der Waals surface area contributed by atoms with Crippen LogP contribution in [0.4, 0.5) is 10.8 Å². The average Bonchev–Trinajstić information content (AvgIpc) is 2.87. The van der Waals surface area contributed by atoms with E-state index in [1.807, 2.05) is 19.9 Å².